The van der Waals surface area contributed by atoms with Crippen molar-refractivity contribution in [3.63, 3.8) is 0 Å². The van der Waals surface area contributed by atoms with E-state index in [4.69, 9.17) is 5.11 Å². The normalized spacial score (nSPS) is 12.7. The first-order chi connectivity index (χ1) is 7.22. The fourth-order valence-corrected chi connectivity index (χ4v) is 1.60. The zero-order valence-corrected chi connectivity index (χ0v) is 9.65. The second-order valence-electron chi connectivity index (χ2n) is 4.03. The van der Waals surface area contributed by atoms with Crippen molar-refractivity contribution in [1.82, 2.24) is 0 Å². The van der Waals surface area contributed by atoms with Gasteiger partial charge in [0, 0.05) is 11.3 Å². The average Bonchev–Trinajstić information content (AvgIpc) is 2.21. The molecule has 0 saturated heterocycles. The van der Waals surface area contributed by atoms with E-state index in [9.17, 15) is 10.1 Å². The molecule has 4 nitrogen and oxygen atoms in total. The molecular weight excluding hydrogens is 194 g/mol. The summed E-state index contributed by atoms with van der Waals surface area (Å²) in [5, 5.41) is 19.1. The van der Waals surface area contributed by atoms with E-state index in [1.54, 1.807) is 0 Å². The van der Waals surface area contributed by atoms with Gasteiger partial charge in [0.25, 0.3) is 0 Å². The number of hydrogen-bond donors (Lipinski definition) is 1. The van der Waals surface area contributed by atoms with Gasteiger partial charge in [-0.05, 0) is 6.42 Å². The molecule has 0 aliphatic rings. The van der Waals surface area contributed by atoms with Crippen molar-refractivity contribution in [1.29, 1.82) is 0 Å². The topological polar surface area (TPSA) is 63.4 Å². The maximum atomic E-state index is 10.4. The summed E-state index contributed by atoms with van der Waals surface area (Å²) >= 11 is 0. The highest BCUT2D eigenvalue weighted by atomic mass is 16.6. The van der Waals surface area contributed by atoms with E-state index in [0.717, 1.165) is 19.3 Å². The van der Waals surface area contributed by atoms with Gasteiger partial charge in [-0.15, -0.1) is 0 Å². The third-order valence-electron chi connectivity index (χ3n) is 2.65. The van der Waals surface area contributed by atoms with Gasteiger partial charge in [0.15, 0.2) is 0 Å². The molecule has 1 unspecified atom stereocenters. The molecule has 0 bridgehead atoms. The Labute approximate surface area is 91.8 Å². The minimum absolute atomic E-state index is 0.331. The van der Waals surface area contributed by atoms with E-state index < -0.39 is 6.04 Å². The quantitative estimate of drug-likeness (QED) is 0.347. The first kappa shape index (κ1) is 14.4. The van der Waals surface area contributed by atoms with Crippen molar-refractivity contribution >= 4 is 0 Å². The maximum absolute atomic E-state index is 10.4. The lowest BCUT2D eigenvalue weighted by Crippen LogP contribution is -2.23. The third kappa shape index (κ3) is 8.36. The van der Waals surface area contributed by atoms with Crippen LogP contribution in [0.25, 0.3) is 0 Å². The Balaban J connectivity index is 3.25. The smallest absolute Gasteiger partial charge is 0.235 e. The van der Waals surface area contributed by atoms with Gasteiger partial charge in [-0.1, -0.05) is 45.4 Å². The molecule has 4 heteroatoms. The Morgan fingerprint density at radius 3 is 2.13 bits per heavy atom. The number of nitrogens with zero attached hydrogens (tertiary/aromatic N) is 1. The fraction of sp³-hybridized carbons (Fsp3) is 1.00. The van der Waals surface area contributed by atoms with E-state index in [1.165, 1.54) is 25.7 Å². The maximum Gasteiger partial charge on any atom is 0.235 e. The van der Waals surface area contributed by atoms with Gasteiger partial charge in [0.1, 0.15) is 6.61 Å². The first-order valence-corrected chi connectivity index (χ1v) is 5.96. The second kappa shape index (κ2) is 9.90. The van der Waals surface area contributed by atoms with Crippen LogP contribution < -0.4 is 0 Å². The number of hydrogen-bond acceptors (Lipinski definition) is 3. The fourth-order valence-electron chi connectivity index (χ4n) is 1.60. The summed E-state index contributed by atoms with van der Waals surface area (Å²) in [6, 6.07) is -0.749. The van der Waals surface area contributed by atoms with Gasteiger partial charge >= 0.3 is 0 Å². The molecule has 0 aliphatic heterocycles. The molecule has 0 rings (SSSR count). The summed E-state index contributed by atoms with van der Waals surface area (Å²) in [6.07, 6.45) is 8.62. The molecule has 15 heavy (non-hydrogen) atoms. The Hall–Kier alpha value is -0.640. The molecule has 0 radical (unpaired) electrons. The molecule has 0 aliphatic carbocycles. The third-order valence-corrected chi connectivity index (χ3v) is 2.65. The summed E-state index contributed by atoms with van der Waals surface area (Å²) in [6.45, 7) is 1.85. The standard InChI is InChI=1S/C11H23NO3/c1-2-3-4-5-6-7-8-9-11(10-13)12(14)15/h11,13H,2-10H2,1H3. The summed E-state index contributed by atoms with van der Waals surface area (Å²) in [5.74, 6) is 0. The molecule has 1 atom stereocenters. The highest BCUT2D eigenvalue weighted by Crippen LogP contribution is 2.10. The summed E-state index contributed by atoms with van der Waals surface area (Å²) in [4.78, 5) is 10.0. The van der Waals surface area contributed by atoms with Gasteiger partial charge in [0.2, 0.25) is 6.04 Å². The molecule has 90 valence electrons. The lowest BCUT2D eigenvalue weighted by Gasteiger charge is -2.05. The van der Waals surface area contributed by atoms with Crippen LogP contribution in [0.5, 0.6) is 0 Å². The van der Waals surface area contributed by atoms with E-state index in [0.29, 0.717) is 6.42 Å². The van der Waals surface area contributed by atoms with Crippen LogP contribution in [0.2, 0.25) is 0 Å². The SMILES string of the molecule is CCCCCCCCCC(CO)[N+](=O)[O-]. The molecule has 1 N–H and O–H groups in total. The van der Waals surface area contributed by atoms with Crippen LogP contribution in [0, 0.1) is 10.1 Å². The number of rotatable bonds is 10. The molecule has 0 amide bonds. The molecule has 0 spiro atoms. The zero-order valence-electron chi connectivity index (χ0n) is 9.65. The number of aliphatic hydroxyl groups is 1. The van der Waals surface area contributed by atoms with Crippen molar-refractivity contribution < 1.29 is 10.0 Å². The van der Waals surface area contributed by atoms with E-state index in [-0.39, 0.29) is 11.5 Å². The van der Waals surface area contributed by atoms with Crippen LogP contribution in [0.1, 0.15) is 58.3 Å². The Morgan fingerprint density at radius 2 is 1.67 bits per heavy atom. The number of unbranched alkanes of at least 4 members (excludes halogenated alkanes) is 6. The van der Waals surface area contributed by atoms with Gasteiger partial charge < -0.3 is 5.11 Å². The Morgan fingerprint density at radius 1 is 1.13 bits per heavy atom. The molecule has 0 fully saturated rings. The van der Waals surface area contributed by atoms with Crippen LogP contribution in [0.3, 0.4) is 0 Å². The van der Waals surface area contributed by atoms with Crippen molar-refractivity contribution in [2.24, 2.45) is 0 Å². The predicted octanol–water partition coefficient (Wildman–Crippen LogP) is 2.76. The van der Waals surface area contributed by atoms with Gasteiger partial charge in [-0.25, -0.2) is 0 Å². The largest absolute Gasteiger partial charge is 0.389 e. The minimum Gasteiger partial charge on any atom is -0.389 e. The predicted molar refractivity (Wildman–Crippen MR) is 60.5 cm³/mol. The van der Waals surface area contributed by atoms with Crippen LogP contribution in [0.15, 0.2) is 0 Å². The monoisotopic (exact) mass is 217 g/mol. The van der Waals surface area contributed by atoms with Crippen LogP contribution >= 0.6 is 0 Å². The van der Waals surface area contributed by atoms with Crippen molar-refractivity contribution in [2.75, 3.05) is 6.61 Å². The van der Waals surface area contributed by atoms with Gasteiger partial charge in [0.05, 0.1) is 0 Å². The summed E-state index contributed by atoms with van der Waals surface area (Å²) in [7, 11) is 0. The lowest BCUT2D eigenvalue weighted by molar-refractivity contribution is -0.526. The van der Waals surface area contributed by atoms with Gasteiger partial charge in [-0.2, -0.15) is 0 Å². The number of aliphatic hydroxyl groups excluding tert-OH is 1. The van der Waals surface area contributed by atoms with E-state index >= 15 is 0 Å². The van der Waals surface area contributed by atoms with Gasteiger partial charge in [-0.3, -0.25) is 10.1 Å². The van der Waals surface area contributed by atoms with Crippen LogP contribution in [-0.4, -0.2) is 22.7 Å². The molecule has 0 saturated carbocycles. The summed E-state index contributed by atoms with van der Waals surface area (Å²) in [5.41, 5.74) is 0. The summed E-state index contributed by atoms with van der Waals surface area (Å²) < 4.78 is 0. The average molecular weight is 217 g/mol. The van der Waals surface area contributed by atoms with Crippen LogP contribution in [0.4, 0.5) is 0 Å². The highest BCUT2D eigenvalue weighted by Gasteiger charge is 2.17. The van der Waals surface area contributed by atoms with Crippen molar-refractivity contribution in [3.05, 3.63) is 10.1 Å². The minimum atomic E-state index is -0.749. The van der Waals surface area contributed by atoms with E-state index in [1.807, 2.05) is 0 Å². The molecule has 0 aromatic rings. The first-order valence-electron chi connectivity index (χ1n) is 5.96. The molecular formula is C11H23NO3. The number of nitro groups is 1. The molecule has 0 aromatic heterocycles. The highest BCUT2D eigenvalue weighted by molar-refractivity contribution is 4.55. The Kier molecular flexibility index (Phi) is 9.48. The molecule has 0 aromatic carbocycles. The molecule has 0 heterocycles. The van der Waals surface area contributed by atoms with Crippen molar-refractivity contribution in [3.8, 4) is 0 Å². The second-order valence-corrected chi connectivity index (χ2v) is 4.03. The van der Waals surface area contributed by atoms with E-state index in [2.05, 4.69) is 6.92 Å². The zero-order chi connectivity index (χ0) is 11.5. The van der Waals surface area contributed by atoms with Crippen molar-refractivity contribution in [2.45, 2.75) is 64.3 Å². The Bertz CT molecular complexity index is 162. The lowest BCUT2D eigenvalue weighted by atomic mass is 10.1. The van der Waals surface area contributed by atoms with Crippen LogP contribution in [-0.2, 0) is 0 Å².